The van der Waals surface area contributed by atoms with E-state index >= 15 is 0 Å². The van der Waals surface area contributed by atoms with Crippen LogP contribution in [0.4, 0.5) is 13.2 Å². The Labute approximate surface area is 153 Å². The lowest BCUT2D eigenvalue weighted by Gasteiger charge is -2.19. The summed E-state index contributed by atoms with van der Waals surface area (Å²) in [4.78, 5) is 12.1. The van der Waals surface area contributed by atoms with Gasteiger partial charge in [-0.25, -0.2) is 13.2 Å². The van der Waals surface area contributed by atoms with Crippen molar-refractivity contribution in [3.63, 3.8) is 0 Å². The first-order chi connectivity index (χ1) is 13.0. The number of carbonyl (C=O) groups excluding carboxylic acids is 1. The van der Waals surface area contributed by atoms with Crippen molar-refractivity contribution in [1.29, 1.82) is 0 Å². The summed E-state index contributed by atoms with van der Waals surface area (Å²) in [6.07, 6.45) is 0.481. The van der Waals surface area contributed by atoms with Gasteiger partial charge in [-0.1, -0.05) is 6.07 Å². The van der Waals surface area contributed by atoms with Crippen molar-refractivity contribution in [3.8, 4) is 11.5 Å². The first kappa shape index (κ1) is 19.0. The number of fused-ring (bicyclic) bond motifs is 1. The molecule has 3 rings (SSSR count). The number of halogens is 3. The number of carbonyl (C=O) groups is 1. The van der Waals surface area contributed by atoms with Crippen LogP contribution in [0, 0.1) is 17.5 Å². The lowest BCUT2D eigenvalue weighted by molar-refractivity contribution is -0.122. The largest absolute Gasteiger partial charge is 0.486 e. The zero-order valence-electron chi connectivity index (χ0n) is 14.3. The third kappa shape index (κ3) is 4.51. The van der Waals surface area contributed by atoms with Crippen molar-refractivity contribution in [1.82, 2.24) is 5.32 Å². The van der Waals surface area contributed by atoms with Crippen LogP contribution in [0.5, 0.6) is 11.5 Å². The molecule has 0 fully saturated rings. The Hall–Kier alpha value is -2.74. The second-order valence-electron chi connectivity index (χ2n) is 6.08. The fourth-order valence-corrected chi connectivity index (χ4v) is 2.78. The molecular weight excluding hydrogens is 363 g/mol. The van der Waals surface area contributed by atoms with Crippen LogP contribution in [0.25, 0.3) is 0 Å². The van der Waals surface area contributed by atoms with Gasteiger partial charge in [0.2, 0.25) is 5.91 Å². The molecule has 0 aliphatic carbocycles. The van der Waals surface area contributed by atoms with Gasteiger partial charge in [0.1, 0.15) is 13.2 Å². The van der Waals surface area contributed by atoms with Crippen LogP contribution < -0.4 is 14.8 Å². The molecule has 0 radical (unpaired) electrons. The number of aryl methyl sites for hydroxylation is 1. The molecule has 2 N–H and O–H groups in total. The molecule has 1 atom stereocenters. The van der Waals surface area contributed by atoms with E-state index in [4.69, 9.17) is 9.47 Å². The van der Waals surface area contributed by atoms with Gasteiger partial charge in [0.05, 0.1) is 12.6 Å². The van der Waals surface area contributed by atoms with E-state index < -0.39 is 36.0 Å². The number of benzene rings is 2. The molecule has 8 heteroatoms. The molecule has 0 spiro atoms. The van der Waals surface area contributed by atoms with E-state index in [1.54, 1.807) is 12.1 Å². The molecule has 1 amide bonds. The summed E-state index contributed by atoms with van der Waals surface area (Å²) in [7, 11) is 0. The van der Waals surface area contributed by atoms with E-state index in [0.717, 1.165) is 17.7 Å². The number of nitrogens with one attached hydrogen (secondary N) is 1. The molecule has 144 valence electrons. The number of aliphatic hydroxyl groups is 1. The highest BCUT2D eigenvalue weighted by atomic mass is 19.2. The quantitative estimate of drug-likeness (QED) is 0.755. The van der Waals surface area contributed by atoms with Crippen molar-refractivity contribution < 1.29 is 32.5 Å². The maximum atomic E-state index is 13.4. The first-order valence-electron chi connectivity index (χ1n) is 8.41. The topological polar surface area (TPSA) is 67.8 Å². The van der Waals surface area contributed by atoms with Gasteiger partial charge < -0.3 is 19.9 Å². The summed E-state index contributed by atoms with van der Waals surface area (Å²) in [5.74, 6) is -3.52. The van der Waals surface area contributed by atoms with E-state index in [-0.39, 0.29) is 12.0 Å². The minimum absolute atomic E-state index is 0.0541. The number of hydrogen-bond acceptors (Lipinski definition) is 4. The zero-order chi connectivity index (χ0) is 19.4. The van der Waals surface area contributed by atoms with Gasteiger partial charge in [0.25, 0.3) is 0 Å². The molecule has 2 aromatic carbocycles. The third-order valence-electron chi connectivity index (χ3n) is 4.17. The average Bonchev–Trinajstić information content (AvgIpc) is 2.68. The average molecular weight is 381 g/mol. The number of hydrogen-bond donors (Lipinski definition) is 2. The van der Waals surface area contributed by atoms with E-state index in [0.29, 0.717) is 31.1 Å². The Bertz CT molecular complexity index is 821. The summed E-state index contributed by atoms with van der Waals surface area (Å²) in [6.45, 7) is 0.363. The van der Waals surface area contributed by atoms with Crippen LogP contribution >= 0.6 is 0 Å². The highest BCUT2D eigenvalue weighted by Gasteiger charge is 2.19. The smallest absolute Gasteiger partial charge is 0.220 e. The van der Waals surface area contributed by atoms with E-state index in [2.05, 4.69) is 5.32 Å². The van der Waals surface area contributed by atoms with Crippen LogP contribution in [0.1, 0.15) is 23.6 Å². The number of ether oxygens (including phenoxy) is 2. The van der Waals surface area contributed by atoms with Gasteiger partial charge in [-0.2, -0.15) is 0 Å². The Morgan fingerprint density at radius 2 is 1.74 bits per heavy atom. The minimum Gasteiger partial charge on any atom is -0.486 e. The highest BCUT2D eigenvalue weighted by molar-refractivity contribution is 5.76. The Balaban J connectivity index is 1.61. The second-order valence-corrected chi connectivity index (χ2v) is 6.08. The molecule has 27 heavy (non-hydrogen) atoms. The monoisotopic (exact) mass is 381 g/mol. The van der Waals surface area contributed by atoms with Crippen LogP contribution in [0.3, 0.4) is 0 Å². The summed E-state index contributed by atoms with van der Waals surface area (Å²) in [5, 5.41) is 11.9. The first-order valence-corrected chi connectivity index (χ1v) is 8.41. The number of aliphatic hydroxyl groups excluding tert-OH is 1. The van der Waals surface area contributed by atoms with E-state index in [1.807, 2.05) is 6.07 Å². The molecule has 1 aliphatic heterocycles. The molecule has 0 saturated heterocycles. The normalized spacial score (nSPS) is 13.9. The van der Waals surface area contributed by atoms with Crippen LogP contribution in [-0.4, -0.2) is 30.8 Å². The Kier molecular flexibility index (Phi) is 5.85. The van der Waals surface area contributed by atoms with E-state index in [1.165, 1.54) is 0 Å². The van der Waals surface area contributed by atoms with Crippen LogP contribution in [-0.2, 0) is 11.2 Å². The van der Waals surface area contributed by atoms with Gasteiger partial charge >= 0.3 is 0 Å². The molecule has 5 nitrogen and oxygen atoms in total. The summed E-state index contributed by atoms with van der Waals surface area (Å²) in [5.41, 5.74) is 0.801. The molecule has 2 aromatic rings. The van der Waals surface area contributed by atoms with Crippen molar-refractivity contribution in [3.05, 3.63) is 58.9 Å². The maximum Gasteiger partial charge on any atom is 0.220 e. The molecule has 0 aromatic heterocycles. The molecular formula is C19H18F3NO4. The maximum absolute atomic E-state index is 13.4. The fraction of sp³-hybridized carbons (Fsp3) is 0.316. The van der Waals surface area contributed by atoms with Crippen molar-refractivity contribution in [2.45, 2.75) is 18.9 Å². The molecule has 1 aliphatic rings. The number of rotatable bonds is 6. The summed E-state index contributed by atoms with van der Waals surface area (Å²) < 4.78 is 50.7. The second kappa shape index (κ2) is 8.30. The molecule has 1 unspecified atom stereocenters. The Morgan fingerprint density at radius 3 is 2.41 bits per heavy atom. The lowest BCUT2D eigenvalue weighted by Crippen LogP contribution is -2.31. The minimum atomic E-state index is -1.60. The molecule has 0 saturated carbocycles. The highest BCUT2D eigenvalue weighted by Crippen LogP contribution is 2.31. The van der Waals surface area contributed by atoms with Crippen molar-refractivity contribution in [2.24, 2.45) is 0 Å². The zero-order valence-corrected chi connectivity index (χ0v) is 14.3. The SMILES string of the molecule is O=C(CCc1ccc2c(c1)OCCO2)NC(CO)c1cc(F)c(F)c(F)c1. The van der Waals surface area contributed by atoms with Crippen LogP contribution in [0.15, 0.2) is 30.3 Å². The Morgan fingerprint density at radius 1 is 1.07 bits per heavy atom. The summed E-state index contributed by atoms with van der Waals surface area (Å²) in [6, 6.07) is 5.83. The molecule has 1 heterocycles. The lowest BCUT2D eigenvalue weighted by atomic mass is 10.1. The third-order valence-corrected chi connectivity index (χ3v) is 4.17. The molecule has 0 bridgehead atoms. The van der Waals surface area contributed by atoms with Crippen LogP contribution in [0.2, 0.25) is 0 Å². The summed E-state index contributed by atoms with van der Waals surface area (Å²) >= 11 is 0. The van der Waals surface area contributed by atoms with Gasteiger partial charge in [-0.3, -0.25) is 4.79 Å². The predicted octanol–water partition coefficient (Wildman–Crippen LogP) is 2.66. The van der Waals surface area contributed by atoms with Gasteiger partial charge in [0.15, 0.2) is 29.0 Å². The van der Waals surface area contributed by atoms with Gasteiger partial charge in [-0.15, -0.1) is 0 Å². The standard InChI is InChI=1S/C19H18F3NO4/c20-13-8-12(9-14(21)19(13)22)15(10-24)23-18(25)4-2-11-1-3-16-17(7-11)27-6-5-26-16/h1,3,7-9,15,24H,2,4-6,10H2,(H,23,25). The fourth-order valence-electron chi connectivity index (χ4n) is 2.78. The predicted molar refractivity (Wildman–Crippen MR) is 90.0 cm³/mol. The van der Waals surface area contributed by atoms with E-state index in [9.17, 15) is 23.1 Å². The number of amides is 1. The van der Waals surface area contributed by atoms with Gasteiger partial charge in [0, 0.05) is 6.42 Å². The van der Waals surface area contributed by atoms with Gasteiger partial charge in [-0.05, 0) is 41.8 Å². The van der Waals surface area contributed by atoms with Crippen molar-refractivity contribution >= 4 is 5.91 Å². The van der Waals surface area contributed by atoms with Crippen molar-refractivity contribution in [2.75, 3.05) is 19.8 Å².